The molecule has 0 bridgehead atoms. The van der Waals surface area contributed by atoms with E-state index in [1.165, 1.54) is 11.1 Å². The lowest BCUT2D eigenvalue weighted by atomic mass is 9.97. The molecule has 21 heavy (non-hydrogen) atoms. The molecule has 0 heterocycles. The van der Waals surface area contributed by atoms with Crippen LogP contribution in [0.25, 0.3) is 0 Å². The molecule has 0 saturated carbocycles. The normalized spacial score (nSPS) is 16.0. The predicted molar refractivity (Wildman–Crippen MR) is 90.8 cm³/mol. The highest BCUT2D eigenvalue weighted by Gasteiger charge is 2.26. The van der Waals surface area contributed by atoms with Gasteiger partial charge in [0.15, 0.2) is 0 Å². The molecule has 0 radical (unpaired) electrons. The Morgan fingerprint density at radius 2 is 1.76 bits per heavy atom. The lowest BCUT2D eigenvalue weighted by Gasteiger charge is -2.38. The molecule has 0 saturated heterocycles. The van der Waals surface area contributed by atoms with Crippen LogP contribution in [0.2, 0.25) is 0 Å². The standard InChI is InChI=1S/C18H32N2O/c1-7-19-18(17-11-9-14(3)10-12-17)16(5)20(8-2)15(4)13-21-6/h9-12,15-16,18-19H,7-8,13H2,1-6H3. The molecule has 120 valence electrons. The van der Waals surface area contributed by atoms with Crippen LogP contribution in [-0.2, 0) is 4.74 Å². The van der Waals surface area contributed by atoms with Crippen LogP contribution in [0.4, 0.5) is 0 Å². The van der Waals surface area contributed by atoms with Crippen molar-refractivity contribution in [2.45, 2.75) is 52.7 Å². The Labute approximate surface area is 130 Å². The van der Waals surface area contributed by atoms with Gasteiger partial charge in [-0.25, -0.2) is 0 Å². The van der Waals surface area contributed by atoms with Crippen molar-refractivity contribution >= 4 is 0 Å². The number of ether oxygens (including phenoxy) is 1. The van der Waals surface area contributed by atoms with Crippen molar-refractivity contribution in [3.8, 4) is 0 Å². The average molecular weight is 292 g/mol. The minimum Gasteiger partial charge on any atom is -0.383 e. The zero-order chi connectivity index (χ0) is 15.8. The Bertz CT molecular complexity index is 391. The molecule has 3 heteroatoms. The Hall–Kier alpha value is -0.900. The SMILES string of the molecule is CCNC(c1ccc(C)cc1)C(C)N(CC)C(C)COC. The molecule has 3 unspecified atom stereocenters. The number of nitrogens with one attached hydrogen (secondary N) is 1. The van der Waals surface area contributed by atoms with E-state index in [0.29, 0.717) is 18.1 Å². The maximum atomic E-state index is 5.34. The van der Waals surface area contributed by atoms with Crippen LogP contribution in [-0.4, -0.2) is 43.8 Å². The molecule has 1 aromatic rings. The molecule has 0 aliphatic rings. The summed E-state index contributed by atoms with van der Waals surface area (Å²) in [5.41, 5.74) is 2.67. The number of benzene rings is 1. The van der Waals surface area contributed by atoms with Gasteiger partial charge in [0, 0.05) is 25.2 Å². The summed E-state index contributed by atoms with van der Waals surface area (Å²) in [5, 5.41) is 3.65. The van der Waals surface area contributed by atoms with Gasteiger partial charge in [-0.15, -0.1) is 0 Å². The monoisotopic (exact) mass is 292 g/mol. The van der Waals surface area contributed by atoms with Crippen molar-refractivity contribution < 1.29 is 4.74 Å². The lowest BCUT2D eigenvalue weighted by molar-refractivity contribution is 0.0651. The predicted octanol–water partition coefficient (Wildman–Crippen LogP) is 3.39. The first-order valence-corrected chi connectivity index (χ1v) is 8.09. The molecular formula is C18H32N2O. The molecule has 3 atom stereocenters. The summed E-state index contributed by atoms with van der Waals surface area (Å²) in [7, 11) is 1.77. The van der Waals surface area contributed by atoms with Gasteiger partial charge in [-0.3, -0.25) is 4.90 Å². The van der Waals surface area contributed by atoms with Crippen molar-refractivity contribution in [1.29, 1.82) is 0 Å². The first-order chi connectivity index (χ1) is 10.0. The number of hydrogen-bond donors (Lipinski definition) is 1. The third kappa shape index (κ3) is 5.10. The third-order valence-electron chi connectivity index (χ3n) is 4.21. The van der Waals surface area contributed by atoms with Gasteiger partial charge in [-0.1, -0.05) is 43.7 Å². The van der Waals surface area contributed by atoms with Gasteiger partial charge in [-0.05, 0) is 39.4 Å². The minimum absolute atomic E-state index is 0.342. The van der Waals surface area contributed by atoms with Crippen LogP contribution in [0.3, 0.4) is 0 Å². The van der Waals surface area contributed by atoms with Crippen LogP contribution >= 0.6 is 0 Å². The molecule has 1 N–H and O–H groups in total. The second-order valence-electron chi connectivity index (χ2n) is 5.82. The molecule has 0 fully saturated rings. The summed E-state index contributed by atoms with van der Waals surface area (Å²) >= 11 is 0. The van der Waals surface area contributed by atoms with Gasteiger partial charge in [0.1, 0.15) is 0 Å². The Morgan fingerprint density at radius 3 is 2.24 bits per heavy atom. The molecule has 0 aromatic heterocycles. The summed E-state index contributed by atoms with van der Waals surface area (Å²) in [4.78, 5) is 2.51. The lowest BCUT2D eigenvalue weighted by Crippen LogP contribution is -2.48. The van der Waals surface area contributed by atoms with E-state index in [-0.39, 0.29) is 0 Å². The highest BCUT2D eigenvalue weighted by Crippen LogP contribution is 2.23. The van der Waals surface area contributed by atoms with Crippen molar-refractivity contribution in [1.82, 2.24) is 10.2 Å². The first kappa shape index (κ1) is 18.1. The van der Waals surface area contributed by atoms with E-state index in [9.17, 15) is 0 Å². The highest BCUT2D eigenvalue weighted by atomic mass is 16.5. The fourth-order valence-corrected chi connectivity index (χ4v) is 3.09. The number of aryl methyl sites for hydroxylation is 1. The van der Waals surface area contributed by atoms with E-state index in [0.717, 1.165) is 19.7 Å². The Kier molecular flexibility index (Phi) is 7.94. The number of hydrogen-bond acceptors (Lipinski definition) is 3. The molecular weight excluding hydrogens is 260 g/mol. The molecule has 0 spiro atoms. The van der Waals surface area contributed by atoms with Crippen molar-refractivity contribution in [2.75, 3.05) is 26.8 Å². The summed E-state index contributed by atoms with van der Waals surface area (Å²) < 4.78 is 5.34. The van der Waals surface area contributed by atoms with Crippen molar-refractivity contribution in [3.05, 3.63) is 35.4 Å². The summed E-state index contributed by atoms with van der Waals surface area (Å²) in [5.74, 6) is 0. The molecule has 0 aliphatic carbocycles. The summed E-state index contributed by atoms with van der Waals surface area (Å²) in [6, 6.07) is 10.1. The van der Waals surface area contributed by atoms with Gasteiger partial charge in [0.2, 0.25) is 0 Å². The molecule has 1 rings (SSSR count). The van der Waals surface area contributed by atoms with E-state index in [1.807, 2.05) is 0 Å². The van der Waals surface area contributed by atoms with Gasteiger partial charge in [0.25, 0.3) is 0 Å². The zero-order valence-corrected chi connectivity index (χ0v) is 14.5. The summed E-state index contributed by atoms with van der Waals surface area (Å²) in [6.07, 6.45) is 0. The zero-order valence-electron chi connectivity index (χ0n) is 14.5. The number of likely N-dealkylation sites (N-methyl/N-ethyl adjacent to an activating group) is 2. The van der Waals surface area contributed by atoms with Gasteiger partial charge in [-0.2, -0.15) is 0 Å². The van der Waals surface area contributed by atoms with Crippen LogP contribution < -0.4 is 5.32 Å². The number of nitrogens with zero attached hydrogens (tertiary/aromatic N) is 1. The Morgan fingerprint density at radius 1 is 1.14 bits per heavy atom. The molecule has 0 amide bonds. The average Bonchev–Trinajstić information content (AvgIpc) is 2.47. The van der Waals surface area contributed by atoms with E-state index < -0.39 is 0 Å². The fraction of sp³-hybridized carbons (Fsp3) is 0.667. The van der Waals surface area contributed by atoms with Crippen LogP contribution in [0.1, 0.15) is 44.9 Å². The third-order valence-corrected chi connectivity index (χ3v) is 4.21. The van der Waals surface area contributed by atoms with Crippen LogP contribution in [0.5, 0.6) is 0 Å². The van der Waals surface area contributed by atoms with E-state index in [1.54, 1.807) is 7.11 Å². The maximum absolute atomic E-state index is 5.34. The van der Waals surface area contributed by atoms with Crippen molar-refractivity contribution in [3.63, 3.8) is 0 Å². The van der Waals surface area contributed by atoms with E-state index in [4.69, 9.17) is 4.74 Å². The van der Waals surface area contributed by atoms with Crippen molar-refractivity contribution in [2.24, 2.45) is 0 Å². The largest absolute Gasteiger partial charge is 0.383 e. The molecule has 3 nitrogen and oxygen atoms in total. The minimum atomic E-state index is 0.342. The maximum Gasteiger partial charge on any atom is 0.0615 e. The van der Waals surface area contributed by atoms with Crippen LogP contribution in [0.15, 0.2) is 24.3 Å². The van der Waals surface area contributed by atoms with Gasteiger partial charge >= 0.3 is 0 Å². The fourth-order valence-electron chi connectivity index (χ4n) is 3.09. The quantitative estimate of drug-likeness (QED) is 0.755. The van der Waals surface area contributed by atoms with Gasteiger partial charge < -0.3 is 10.1 Å². The Balaban J connectivity index is 2.94. The van der Waals surface area contributed by atoms with Gasteiger partial charge in [0.05, 0.1) is 6.61 Å². The van der Waals surface area contributed by atoms with E-state index >= 15 is 0 Å². The summed E-state index contributed by atoms with van der Waals surface area (Å²) in [6.45, 7) is 13.8. The second kappa shape index (κ2) is 9.19. The van der Waals surface area contributed by atoms with Crippen LogP contribution in [0, 0.1) is 6.92 Å². The highest BCUT2D eigenvalue weighted by molar-refractivity contribution is 5.25. The number of rotatable bonds is 9. The molecule has 0 aliphatic heterocycles. The number of methoxy groups -OCH3 is 1. The van der Waals surface area contributed by atoms with E-state index in [2.05, 4.69) is 69.1 Å². The second-order valence-corrected chi connectivity index (χ2v) is 5.82. The first-order valence-electron chi connectivity index (χ1n) is 8.09. The topological polar surface area (TPSA) is 24.5 Å². The smallest absolute Gasteiger partial charge is 0.0615 e. The molecule has 1 aromatic carbocycles.